The minimum absolute atomic E-state index is 0.343. The van der Waals surface area contributed by atoms with Gasteiger partial charge in [0.2, 0.25) is 0 Å². The summed E-state index contributed by atoms with van der Waals surface area (Å²) in [6.07, 6.45) is 2.01. The van der Waals surface area contributed by atoms with Gasteiger partial charge < -0.3 is 5.11 Å². The molecule has 1 N–H and O–H groups in total. The van der Waals surface area contributed by atoms with Gasteiger partial charge in [0.05, 0.1) is 20.3 Å². The van der Waals surface area contributed by atoms with Gasteiger partial charge >= 0.3 is 5.97 Å². The highest BCUT2D eigenvalue weighted by Crippen LogP contribution is 2.29. The van der Waals surface area contributed by atoms with Crippen molar-refractivity contribution >= 4 is 33.2 Å². The van der Waals surface area contributed by atoms with Crippen molar-refractivity contribution in [2.75, 3.05) is 0 Å². The molecule has 94 valence electrons. The van der Waals surface area contributed by atoms with Gasteiger partial charge in [0.25, 0.3) is 0 Å². The van der Waals surface area contributed by atoms with Crippen LogP contribution in [0.4, 0.5) is 0 Å². The molecule has 1 unspecified atom stereocenters. The quantitative estimate of drug-likeness (QED) is 0.936. The fraction of sp³-hybridized carbons (Fsp3) is 0.250. The first-order chi connectivity index (χ1) is 8.56. The van der Waals surface area contributed by atoms with E-state index in [-0.39, 0.29) is 0 Å². The molecule has 0 aliphatic heterocycles. The maximum absolute atomic E-state index is 10.8. The number of carbonyl (C=O) groups is 1. The lowest BCUT2D eigenvalue weighted by Gasteiger charge is -2.05. The number of carboxylic acid groups (broad SMARTS) is 1. The molecule has 2 heterocycles. The first-order valence-corrected chi connectivity index (χ1v) is 6.97. The summed E-state index contributed by atoms with van der Waals surface area (Å²) >= 11 is 4.99. The standard InChI is InChI=1S/C12H11BrN2O2S/c1-7(12(16)17)6-11-14-5-4-8(15-11)9-2-3-10(13)18-9/h2-5,7H,6H2,1H3,(H,16,17). The number of aromatic nitrogens is 2. The molecule has 6 heteroatoms. The van der Waals surface area contributed by atoms with Crippen LogP contribution in [0, 0.1) is 5.92 Å². The highest BCUT2D eigenvalue weighted by molar-refractivity contribution is 9.11. The first kappa shape index (κ1) is 13.2. The second-order valence-corrected chi connectivity index (χ2v) is 6.37. The Bertz CT molecular complexity index is 571. The summed E-state index contributed by atoms with van der Waals surface area (Å²) in [5, 5.41) is 8.87. The van der Waals surface area contributed by atoms with Gasteiger partial charge in [0.1, 0.15) is 5.82 Å². The van der Waals surface area contributed by atoms with Gasteiger partial charge in [-0.1, -0.05) is 6.92 Å². The monoisotopic (exact) mass is 326 g/mol. The van der Waals surface area contributed by atoms with E-state index in [1.165, 1.54) is 0 Å². The molecule has 0 aromatic carbocycles. The van der Waals surface area contributed by atoms with Gasteiger partial charge in [-0.05, 0) is 34.1 Å². The summed E-state index contributed by atoms with van der Waals surface area (Å²) < 4.78 is 1.04. The molecule has 0 saturated heterocycles. The molecule has 0 saturated carbocycles. The van der Waals surface area contributed by atoms with Crippen molar-refractivity contribution in [3.63, 3.8) is 0 Å². The van der Waals surface area contributed by atoms with Crippen LogP contribution in [0.1, 0.15) is 12.7 Å². The van der Waals surface area contributed by atoms with E-state index < -0.39 is 11.9 Å². The molecule has 0 bridgehead atoms. The zero-order chi connectivity index (χ0) is 13.1. The van der Waals surface area contributed by atoms with Crippen LogP contribution in [-0.2, 0) is 11.2 Å². The summed E-state index contributed by atoms with van der Waals surface area (Å²) in [4.78, 5) is 20.3. The summed E-state index contributed by atoms with van der Waals surface area (Å²) in [7, 11) is 0. The van der Waals surface area contributed by atoms with E-state index in [1.54, 1.807) is 24.5 Å². The van der Waals surface area contributed by atoms with E-state index in [0.29, 0.717) is 12.2 Å². The van der Waals surface area contributed by atoms with Crippen LogP contribution in [0.25, 0.3) is 10.6 Å². The van der Waals surface area contributed by atoms with Crippen LogP contribution in [0.15, 0.2) is 28.2 Å². The molecule has 2 aromatic heterocycles. The van der Waals surface area contributed by atoms with Crippen molar-refractivity contribution < 1.29 is 9.90 Å². The molecular formula is C12H11BrN2O2S. The minimum atomic E-state index is -0.831. The molecule has 0 fully saturated rings. The smallest absolute Gasteiger partial charge is 0.306 e. The molecule has 2 aromatic rings. The van der Waals surface area contributed by atoms with Crippen LogP contribution in [0.2, 0.25) is 0 Å². The van der Waals surface area contributed by atoms with Crippen molar-refractivity contribution in [1.82, 2.24) is 9.97 Å². The minimum Gasteiger partial charge on any atom is -0.481 e. The van der Waals surface area contributed by atoms with Gasteiger partial charge in [-0.15, -0.1) is 11.3 Å². The molecule has 0 radical (unpaired) electrons. The lowest BCUT2D eigenvalue weighted by molar-refractivity contribution is -0.141. The Morgan fingerprint density at radius 3 is 2.89 bits per heavy atom. The third-order valence-electron chi connectivity index (χ3n) is 2.44. The van der Waals surface area contributed by atoms with Gasteiger partial charge in [0, 0.05) is 12.6 Å². The van der Waals surface area contributed by atoms with Crippen molar-refractivity contribution in [3.05, 3.63) is 34.0 Å². The molecule has 0 aliphatic carbocycles. The van der Waals surface area contributed by atoms with E-state index in [4.69, 9.17) is 5.11 Å². The van der Waals surface area contributed by atoms with Crippen molar-refractivity contribution in [2.24, 2.45) is 5.92 Å². The van der Waals surface area contributed by atoms with Crippen molar-refractivity contribution in [2.45, 2.75) is 13.3 Å². The summed E-state index contributed by atoms with van der Waals surface area (Å²) in [5.74, 6) is -0.745. The average Bonchev–Trinajstić information content (AvgIpc) is 2.76. The molecule has 1 atom stereocenters. The normalized spacial score (nSPS) is 12.3. The molecule has 18 heavy (non-hydrogen) atoms. The second-order valence-electron chi connectivity index (χ2n) is 3.91. The lowest BCUT2D eigenvalue weighted by atomic mass is 10.1. The Morgan fingerprint density at radius 2 is 2.28 bits per heavy atom. The average molecular weight is 327 g/mol. The number of hydrogen-bond donors (Lipinski definition) is 1. The highest BCUT2D eigenvalue weighted by Gasteiger charge is 2.14. The summed E-state index contributed by atoms with van der Waals surface area (Å²) in [6.45, 7) is 1.65. The maximum atomic E-state index is 10.8. The number of thiophene rings is 1. The van der Waals surface area contributed by atoms with E-state index in [1.807, 2.05) is 18.2 Å². The zero-order valence-corrected chi connectivity index (χ0v) is 12.0. The molecule has 0 aliphatic rings. The molecule has 0 spiro atoms. The Balaban J connectivity index is 2.22. The number of nitrogens with zero attached hydrogens (tertiary/aromatic N) is 2. The SMILES string of the molecule is CC(Cc1nccc(-c2ccc(Br)s2)n1)C(=O)O. The molecule has 2 rings (SSSR count). The zero-order valence-electron chi connectivity index (χ0n) is 9.63. The van der Waals surface area contributed by atoms with E-state index >= 15 is 0 Å². The van der Waals surface area contributed by atoms with Crippen LogP contribution >= 0.6 is 27.3 Å². The Hall–Kier alpha value is -1.27. The van der Waals surface area contributed by atoms with E-state index in [9.17, 15) is 4.79 Å². The van der Waals surface area contributed by atoms with Crippen LogP contribution in [0.5, 0.6) is 0 Å². The van der Waals surface area contributed by atoms with Crippen LogP contribution < -0.4 is 0 Å². The van der Waals surface area contributed by atoms with Crippen LogP contribution in [0.3, 0.4) is 0 Å². The second kappa shape index (κ2) is 5.58. The Labute approximate surface area is 117 Å². The Morgan fingerprint density at radius 1 is 1.50 bits per heavy atom. The third kappa shape index (κ3) is 3.14. The number of aliphatic carboxylic acids is 1. The number of halogens is 1. The third-order valence-corrected chi connectivity index (χ3v) is 4.09. The lowest BCUT2D eigenvalue weighted by Crippen LogP contribution is -2.14. The highest BCUT2D eigenvalue weighted by atomic mass is 79.9. The fourth-order valence-electron chi connectivity index (χ4n) is 1.45. The van der Waals surface area contributed by atoms with Gasteiger partial charge in [-0.2, -0.15) is 0 Å². The van der Waals surface area contributed by atoms with Crippen molar-refractivity contribution in [1.29, 1.82) is 0 Å². The van der Waals surface area contributed by atoms with Gasteiger partial charge in [0.15, 0.2) is 0 Å². The maximum Gasteiger partial charge on any atom is 0.306 e. The first-order valence-electron chi connectivity index (χ1n) is 5.36. The topological polar surface area (TPSA) is 63.1 Å². The van der Waals surface area contributed by atoms with Crippen LogP contribution in [-0.4, -0.2) is 21.0 Å². The number of rotatable bonds is 4. The largest absolute Gasteiger partial charge is 0.481 e. The van der Waals surface area contributed by atoms with Crippen molar-refractivity contribution in [3.8, 4) is 10.6 Å². The van der Waals surface area contributed by atoms with Gasteiger partial charge in [-0.25, -0.2) is 9.97 Å². The molecular weight excluding hydrogens is 316 g/mol. The number of hydrogen-bond acceptors (Lipinski definition) is 4. The predicted molar refractivity (Wildman–Crippen MR) is 73.5 cm³/mol. The summed E-state index contributed by atoms with van der Waals surface area (Å²) in [5.41, 5.74) is 0.827. The van der Waals surface area contributed by atoms with E-state index in [2.05, 4.69) is 25.9 Å². The molecule has 4 nitrogen and oxygen atoms in total. The summed E-state index contributed by atoms with van der Waals surface area (Å²) in [6, 6.07) is 5.76. The molecule has 0 amide bonds. The Kier molecular flexibility index (Phi) is 4.08. The van der Waals surface area contributed by atoms with Gasteiger partial charge in [-0.3, -0.25) is 4.79 Å². The fourth-order valence-corrected chi connectivity index (χ4v) is 2.80. The van der Waals surface area contributed by atoms with E-state index in [0.717, 1.165) is 14.4 Å². The predicted octanol–water partition coefficient (Wildman–Crippen LogP) is 3.23. The number of carboxylic acids is 1.